The van der Waals surface area contributed by atoms with Crippen LogP contribution in [-0.4, -0.2) is 11.2 Å². The summed E-state index contributed by atoms with van der Waals surface area (Å²) in [4.78, 5) is 0. The molecule has 1 nitrogen and oxygen atoms in total. The summed E-state index contributed by atoms with van der Waals surface area (Å²) in [6.45, 7) is 5.68. The van der Waals surface area contributed by atoms with Crippen LogP contribution in [0.25, 0.3) is 0 Å². The minimum Gasteiger partial charge on any atom is -0.388 e. The molecule has 1 saturated carbocycles. The molecule has 0 heterocycles. The first-order valence-corrected chi connectivity index (χ1v) is 4.49. The lowest BCUT2D eigenvalue weighted by atomic mass is 9.93. The van der Waals surface area contributed by atoms with E-state index in [2.05, 4.69) is 12.3 Å². The lowest BCUT2D eigenvalue weighted by molar-refractivity contribution is 0.179. The molecular formula is C11H16O. The van der Waals surface area contributed by atoms with E-state index in [1.54, 1.807) is 0 Å². The lowest BCUT2D eigenvalue weighted by Gasteiger charge is -2.18. The number of hydrogen-bond acceptors (Lipinski definition) is 1. The fourth-order valence-corrected chi connectivity index (χ4v) is 1.38. The van der Waals surface area contributed by atoms with Crippen LogP contribution in [0.5, 0.6) is 0 Å². The molecule has 1 N–H and O–H groups in total. The predicted molar refractivity (Wildman–Crippen MR) is 50.9 cm³/mol. The zero-order valence-corrected chi connectivity index (χ0v) is 7.64. The highest BCUT2D eigenvalue weighted by Crippen LogP contribution is 2.22. The van der Waals surface area contributed by atoms with Gasteiger partial charge in [0.2, 0.25) is 0 Å². The van der Waals surface area contributed by atoms with Gasteiger partial charge in [-0.05, 0) is 32.3 Å². The van der Waals surface area contributed by atoms with Crippen molar-refractivity contribution in [1.82, 2.24) is 0 Å². The fourth-order valence-electron chi connectivity index (χ4n) is 1.38. The first-order chi connectivity index (χ1) is 5.70. The lowest BCUT2D eigenvalue weighted by Crippen LogP contribution is -2.13. The van der Waals surface area contributed by atoms with Crippen LogP contribution in [0.15, 0.2) is 29.5 Å². The second kappa shape index (κ2) is 4.30. The second-order valence-corrected chi connectivity index (χ2v) is 3.42. The van der Waals surface area contributed by atoms with Crippen molar-refractivity contribution >= 4 is 0 Å². The van der Waals surface area contributed by atoms with Crippen molar-refractivity contribution < 1.29 is 5.11 Å². The van der Waals surface area contributed by atoms with Crippen molar-refractivity contribution in [3.8, 4) is 0 Å². The van der Waals surface area contributed by atoms with Gasteiger partial charge in [0.25, 0.3) is 0 Å². The van der Waals surface area contributed by atoms with Crippen molar-refractivity contribution in [1.29, 1.82) is 0 Å². The molecule has 0 aromatic heterocycles. The zero-order chi connectivity index (χ0) is 8.97. The molecular weight excluding hydrogens is 148 g/mol. The molecule has 66 valence electrons. The monoisotopic (exact) mass is 164 g/mol. The van der Waals surface area contributed by atoms with Crippen molar-refractivity contribution in [2.45, 2.75) is 38.7 Å². The predicted octanol–water partition coefficient (Wildman–Crippen LogP) is 2.58. The summed E-state index contributed by atoms with van der Waals surface area (Å²) in [5, 5.41) is 9.53. The first-order valence-electron chi connectivity index (χ1n) is 4.49. The third kappa shape index (κ3) is 2.69. The van der Waals surface area contributed by atoms with E-state index in [0.29, 0.717) is 0 Å². The highest BCUT2D eigenvalue weighted by Gasteiger charge is 2.14. The standard InChI is InChI=1S/C11H16O/c1-9(2)7-8-10-5-3-4-6-11(10)12/h7,11-12H,1,3-6H2,2H3/t8?,11-/m0/s1. The van der Waals surface area contributed by atoms with Crippen LogP contribution in [-0.2, 0) is 0 Å². The Labute approximate surface area is 74.1 Å². The molecule has 0 amide bonds. The van der Waals surface area contributed by atoms with Gasteiger partial charge in [0.15, 0.2) is 0 Å². The molecule has 1 aliphatic carbocycles. The minimum absolute atomic E-state index is 0.255. The van der Waals surface area contributed by atoms with Gasteiger partial charge in [-0.15, -0.1) is 5.73 Å². The summed E-state index contributed by atoms with van der Waals surface area (Å²) < 4.78 is 0. The van der Waals surface area contributed by atoms with E-state index in [9.17, 15) is 5.11 Å². The highest BCUT2D eigenvalue weighted by molar-refractivity contribution is 5.17. The fraction of sp³-hybridized carbons (Fsp3) is 0.545. The van der Waals surface area contributed by atoms with Gasteiger partial charge < -0.3 is 5.11 Å². The Morgan fingerprint density at radius 3 is 3.00 bits per heavy atom. The molecule has 0 bridgehead atoms. The third-order valence-electron chi connectivity index (χ3n) is 2.08. The summed E-state index contributed by atoms with van der Waals surface area (Å²) in [5.41, 5.74) is 5.14. The Hall–Kier alpha value is -0.780. The number of aliphatic hydroxyl groups excluding tert-OH is 1. The van der Waals surface area contributed by atoms with Crippen LogP contribution in [0.3, 0.4) is 0 Å². The SMILES string of the molecule is C=C(C)C=C=C1CCCC[C@@H]1O. The highest BCUT2D eigenvalue weighted by atomic mass is 16.3. The second-order valence-electron chi connectivity index (χ2n) is 3.42. The normalized spacial score (nSPS) is 23.2. The molecule has 0 unspecified atom stereocenters. The Balaban J connectivity index is 2.71. The Kier molecular flexibility index (Phi) is 3.33. The molecule has 1 aliphatic rings. The van der Waals surface area contributed by atoms with Gasteiger partial charge in [-0.3, -0.25) is 0 Å². The maximum Gasteiger partial charge on any atom is 0.0823 e. The molecule has 0 aromatic rings. The van der Waals surface area contributed by atoms with Gasteiger partial charge >= 0.3 is 0 Å². The van der Waals surface area contributed by atoms with Crippen LogP contribution >= 0.6 is 0 Å². The van der Waals surface area contributed by atoms with Crippen molar-refractivity contribution in [2.75, 3.05) is 0 Å². The van der Waals surface area contributed by atoms with Crippen LogP contribution in [0, 0.1) is 0 Å². The van der Waals surface area contributed by atoms with E-state index in [-0.39, 0.29) is 6.10 Å². The smallest absolute Gasteiger partial charge is 0.0823 e. The molecule has 12 heavy (non-hydrogen) atoms. The molecule has 0 saturated heterocycles. The quantitative estimate of drug-likeness (QED) is 0.466. The van der Waals surface area contributed by atoms with Crippen molar-refractivity contribution in [3.05, 3.63) is 29.5 Å². The summed E-state index contributed by atoms with van der Waals surface area (Å²) in [5.74, 6) is 0. The average molecular weight is 164 g/mol. The van der Waals surface area contributed by atoms with E-state index in [1.165, 1.54) is 6.42 Å². The summed E-state index contributed by atoms with van der Waals surface area (Å²) >= 11 is 0. The topological polar surface area (TPSA) is 20.2 Å². The average Bonchev–Trinajstić information content (AvgIpc) is 2.03. The zero-order valence-electron chi connectivity index (χ0n) is 7.64. The van der Waals surface area contributed by atoms with Crippen LogP contribution < -0.4 is 0 Å². The maximum absolute atomic E-state index is 9.53. The Bertz CT molecular complexity index is 231. The summed E-state index contributed by atoms with van der Waals surface area (Å²) in [6, 6.07) is 0. The van der Waals surface area contributed by atoms with Gasteiger partial charge in [0.1, 0.15) is 0 Å². The molecule has 0 aliphatic heterocycles. The van der Waals surface area contributed by atoms with Gasteiger partial charge in [0, 0.05) is 5.57 Å². The molecule has 1 rings (SSSR count). The molecule has 0 aromatic carbocycles. The van der Waals surface area contributed by atoms with E-state index < -0.39 is 0 Å². The number of rotatable bonds is 1. The maximum atomic E-state index is 9.53. The van der Waals surface area contributed by atoms with Crippen LogP contribution in [0.1, 0.15) is 32.6 Å². The third-order valence-corrected chi connectivity index (χ3v) is 2.08. The van der Waals surface area contributed by atoms with Crippen LogP contribution in [0.2, 0.25) is 0 Å². The van der Waals surface area contributed by atoms with Crippen molar-refractivity contribution in [2.24, 2.45) is 0 Å². The van der Waals surface area contributed by atoms with Crippen LogP contribution in [0.4, 0.5) is 0 Å². The first kappa shape index (κ1) is 9.31. The van der Waals surface area contributed by atoms with E-state index in [4.69, 9.17) is 0 Å². The molecule has 0 spiro atoms. The minimum atomic E-state index is -0.255. The number of aliphatic hydroxyl groups is 1. The Morgan fingerprint density at radius 1 is 1.67 bits per heavy atom. The molecule has 1 atom stereocenters. The van der Waals surface area contributed by atoms with Gasteiger partial charge in [0.05, 0.1) is 6.10 Å². The summed E-state index contributed by atoms with van der Waals surface area (Å²) in [7, 11) is 0. The number of allylic oxidation sites excluding steroid dienone is 1. The summed E-state index contributed by atoms with van der Waals surface area (Å²) in [6.07, 6.45) is 5.80. The van der Waals surface area contributed by atoms with E-state index in [0.717, 1.165) is 30.4 Å². The van der Waals surface area contributed by atoms with Gasteiger partial charge in [-0.2, -0.15) is 0 Å². The molecule has 1 fully saturated rings. The molecule has 0 radical (unpaired) electrons. The van der Waals surface area contributed by atoms with E-state index in [1.807, 2.05) is 13.0 Å². The van der Waals surface area contributed by atoms with Gasteiger partial charge in [-0.1, -0.05) is 18.6 Å². The number of hydrogen-bond donors (Lipinski definition) is 1. The van der Waals surface area contributed by atoms with Crippen molar-refractivity contribution in [3.63, 3.8) is 0 Å². The van der Waals surface area contributed by atoms with Gasteiger partial charge in [-0.25, -0.2) is 0 Å². The molecule has 1 heteroatoms. The van der Waals surface area contributed by atoms with E-state index >= 15 is 0 Å². The Morgan fingerprint density at radius 2 is 2.42 bits per heavy atom. The largest absolute Gasteiger partial charge is 0.388 e.